The first-order valence-electron chi connectivity index (χ1n) is 31.0. The maximum atomic E-state index is 16.3. The van der Waals surface area contributed by atoms with Gasteiger partial charge in [0, 0.05) is 21.9 Å². The number of hydrogen-bond acceptors (Lipinski definition) is 2. The zero-order valence-electron chi connectivity index (χ0n) is 51.2. The summed E-state index contributed by atoms with van der Waals surface area (Å²) in [6, 6.07) is 74.7. The fourth-order valence-electron chi connectivity index (χ4n) is 14.9. The van der Waals surface area contributed by atoms with Gasteiger partial charge in [-0.05, 0) is 122 Å². The van der Waals surface area contributed by atoms with Gasteiger partial charge in [-0.1, -0.05) is 251 Å². The molecule has 0 spiro atoms. The number of rotatable bonds is 9. The molecule has 0 aliphatic heterocycles. The molecule has 466 valence electrons. The lowest BCUT2D eigenvalue weighted by Crippen LogP contribution is -2.28. The van der Waals surface area contributed by atoms with E-state index >= 15 is 35.1 Å². The molecular weight excluding hydrogens is 1230 g/mol. The van der Waals surface area contributed by atoms with Crippen molar-refractivity contribution in [1.82, 2.24) is 14.8 Å². The first-order chi connectivity index (χ1) is 46.5. The Bertz CT molecular complexity index is 5390. The van der Waals surface area contributed by atoms with Crippen molar-refractivity contribution in [3.8, 4) is 84.1 Å². The highest BCUT2D eigenvalue weighted by Crippen LogP contribution is 2.59. The molecular formula is C83H49F10N3. The van der Waals surface area contributed by atoms with Gasteiger partial charge < -0.3 is 0 Å². The summed E-state index contributed by atoms with van der Waals surface area (Å²) in [5.74, 6) is -20.5. The Morgan fingerprint density at radius 2 is 0.573 bits per heavy atom. The van der Waals surface area contributed by atoms with E-state index in [1.54, 1.807) is 0 Å². The molecule has 1 heterocycles. The van der Waals surface area contributed by atoms with Crippen LogP contribution in [0.1, 0.15) is 48.6 Å². The standard InChI is InChI=1S/C83H49F10N3/c1-82(2,3)68-58-26-14-10-22-54(58)64(55-23-11-15-27-59(55)68)44-30-36-50(37-31-44)83(62-42-48(66-69(84)73(88)77(92)74(89)70(66)85)34-40-52(62)53-41-35-49(43-63(53)83)67-71(86)75(90)78(93)76(91)72(67)87)51-38-32-45(33-39-51)65-56-24-12-16-28-60(56)79(61-29-17-13-25-57(61)65)96-80(46-18-6-4-7-19-46)94-95-81(96)47-20-8-5-9-21-47/h4-43H,1-3H3. The van der Waals surface area contributed by atoms with E-state index in [0.717, 1.165) is 82.2 Å². The number of halogens is 10. The van der Waals surface area contributed by atoms with Gasteiger partial charge in [0.2, 0.25) is 11.6 Å². The van der Waals surface area contributed by atoms with Crippen LogP contribution in [0.2, 0.25) is 0 Å². The highest BCUT2D eigenvalue weighted by molar-refractivity contribution is 6.19. The summed E-state index contributed by atoms with van der Waals surface area (Å²) < 4.78 is 159. The number of benzene rings is 14. The second-order valence-electron chi connectivity index (χ2n) is 25.1. The third-order valence-electron chi connectivity index (χ3n) is 18.9. The van der Waals surface area contributed by atoms with E-state index in [9.17, 15) is 8.78 Å². The average molecular weight is 1280 g/mol. The monoisotopic (exact) mass is 1280 g/mol. The number of hydrogen-bond donors (Lipinski definition) is 0. The quantitative estimate of drug-likeness (QED) is 0.0624. The van der Waals surface area contributed by atoms with Crippen LogP contribution < -0.4 is 0 Å². The lowest BCUT2D eigenvalue weighted by molar-refractivity contribution is 0.381. The summed E-state index contributed by atoms with van der Waals surface area (Å²) in [6.45, 7) is 6.49. The summed E-state index contributed by atoms with van der Waals surface area (Å²) in [7, 11) is 0. The third kappa shape index (κ3) is 8.82. The fraction of sp³-hybridized carbons (Fsp3) is 0.0602. The molecule has 0 atom stereocenters. The van der Waals surface area contributed by atoms with Gasteiger partial charge in [-0.25, -0.2) is 43.9 Å². The molecule has 15 aromatic rings. The van der Waals surface area contributed by atoms with E-state index < -0.39 is 85.8 Å². The van der Waals surface area contributed by atoms with Gasteiger partial charge in [0.15, 0.2) is 58.2 Å². The maximum Gasteiger partial charge on any atom is 0.200 e. The predicted octanol–water partition coefficient (Wildman–Crippen LogP) is 22.9. The van der Waals surface area contributed by atoms with Crippen LogP contribution in [0.25, 0.3) is 127 Å². The van der Waals surface area contributed by atoms with Crippen molar-refractivity contribution in [3.63, 3.8) is 0 Å². The minimum atomic E-state index is -2.35. The molecule has 14 aromatic carbocycles. The second-order valence-corrected chi connectivity index (χ2v) is 25.1. The SMILES string of the molecule is CC(C)(C)c1c2ccccc2c(-c2ccc(C3(c4ccc(-c5c6ccccc6c(-n6c(-c7ccccc7)nnc6-c6ccccc6)c6ccccc56)cc4)c4cc(-c5c(F)c(F)c(F)c(F)c5F)ccc4-c4ccc(-c5c(F)c(F)c(F)c(F)c5F)cc43)cc2)c2ccccc12. The van der Waals surface area contributed by atoms with Crippen molar-refractivity contribution >= 4 is 43.1 Å². The molecule has 0 N–H and O–H groups in total. The number of nitrogens with zero attached hydrogens (tertiary/aromatic N) is 3. The van der Waals surface area contributed by atoms with Crippen molar-refractivity contribution in [1.29, 1.82) is 0 Å². The van der Waals surface area contributed by atoms with Gasteiger partial charge in [0.1, 0.15) is 0 Å². The van der Waals surface area contributed by atoms with Crippen molar-refractivity contribution in [2.75, 3.05) is 0 Å². The van der Waals surface area contributed by atoms with E-state index in [2.05, 4.69) is 49.6 Å². The lowest BCUT2D eigenvalue weighted by atomic mass is 9.66. The summed E-state index contributed by atoms with van der Waals surface area (Å²) in [4.78, 5) is 0. The molecule has 96 heavy (non-hydrogen) atoms. The van der Waals surface area contributed by atoms with Gasteiger partial charge in [-0.3, -0.25) is 4.57 Å². The Hall–Kier alpha value is -11.4. The van der Waals surface area contributed by atoms with E-state index in [-0.39, 0.29) is 16.5 Å². The average Bonchev–Trinajstić information content (AvgIpc) is 1.49. The Balaban J connectivity index is 0.983. The summed E-state index contributed by atoms with van der Waals surface area (Å²) in [5, 5.41) is 17.0. The first-order valence-corrected chi connectivity index (χ1v) is 31.0. The van der Waals surface area contributed by atoms with Crippen LogP contribution in [0.15, 0.2) is 243 Å². The smallest absolute Gasteiger partial charge is 0.200 e. The van der Waals surface area contributed by atoms with Gasteiger partial charge >= 0.3 is 0 Å². The largest absolute Gasteiger partial charge is 0.274 e. The van der Waals surface area contributed by atoms with Crippen LogP contribution in [0, 0.1) is 58.2 Å². The normalized spacial score (nSPS) is 12.7. The van der Waals surface area contributed by atoms with Crippen LogP contribution in [0.4, 0.5) is 43.9 Å². The van der Waals surface area contributed by atoms with Crippen LogP contribution in [-0.2, 0) is 10.8 Å². The van der Waals surface area contributed by atoms with Gasteiger partial charge in [0.25, 0.3) is 0 Å². The van der Waals surface area contributed by atoms with E-state index in [0.29, 0.717) is 39.5 Å². The molecule has 1 aliphatic carbocycles. The van der Waals surface area contributed by atoms with Crippen LogP contribution in [0.3, 0.4) is 0 Å². The summed E-state index contributed by atoms with van der Waals surface area (Å²) in [6.07, 6.45) is 0. The second kappa shape index (κ2) is 22.4. The molecule has 0 fully saturated rings. The topological polar surface area (TPSA) is 30.7 Å². The van der Waals surface area contributed by atoms with Gasteiger partial charge in [0.05, 0.1) is 22.2 Å². The molecule has 1 aliphatic rings. The van der Waals surface area contributed by atoms with Crippen molar-refractivity contribution in [2.24, 2.45) is 0 Å². The highest BCUT2D eigenvalue weighted by atomic mass is 19.2. The highest BCUT2D eigenvalue weighted by Gasteiger charge is 2.48. The molecule has 0 radical (unpaired) electrons. The fourth-order valence-corrected chi connectivity index (χ4v) is 14.9. The van der Waals surface area contributed by atoms with Gasteiger partial charge in [-0.15, -0.1) is 10.2 Å². The molecule has 16 rings (SSSR count). The molecule has 0 bridgehead atoms. The first kappa shape index (κ1) is 59.6. The van der Waals surface area contributed by atoms with E-state index in [1.807, 2.05) is 182 Å². The predicted molar refractivity (Wildman–Crippen MR) is 360 cm³/mol. The number of aromatic nitrogens is 3. The minimum Gasteiger partial charge on any atom is -0.274 e. The third-order valence-corrected chi connectivity index (χ3v) is 18.9. The molecule has 13 heteroatoms. The van der Waals surface area contributed by atoms with Crippen LogP contribution in [0.5, 0.6) is 0 Å². The maximum absolute atomic E-state index is 16.3. The molecule has 0 saturated carbocycles. The van der Waals surface area contributed by atoms with Crippen LogP contribution >= 0.6 is 0 Å². The molecule has 0 amide bonds. The number of fused-ring (bicyclic) bond motifs is 7. The zero-order chi connectivity index (χ0) is 66.2. The Morgan fingerprint density at radius 1 is 0.281 bits per heavy atom. The Kier molecular flexibility index (Phi) is 13.9. The molecule has 3 nitrogen and oxygen atoms in total. The van der Waals surface area contributed by atoms with E-state index in [4.69, 9.17) is 10.2 Å². The van der Waals surface area contributed by atoms with Gasteiger partial charge in [-0.2, -0.15) is 0 Å². The molecule has 0 unspecified atom stereocenters. The minimum absolute atomic E-state index is 0.220. The van der Waals surface area contributed by atoms with Crippen molar-refractivity contribution < 1.29 is 43.9 Å². The molecule has 1 aromatic heterocycles. The molecule has 0 saturated heterocycles. The lowest BCUT2D eigenvalue weighted by Gasteiger charge is -2.35. The zero-order valence-corrected chi connectivity index (χ0v) is 51.2. The Morgan fingerprint density at radius 3 is 0.917 bits per heavy atom. The van der Waals surface area contributed by atoms with Crippen molar-refractivity contribution in [2.45, 2.75) is 31.6 Å². The van der Waals surface area contributed by atoms with Crippen molar-refractivity contribution in [3.05, 3.63) is 329 Å². The summed E-state index contributed by atoms with van der Waals surface area (Å²) in [5.41, 5.74) is 3.45. The summed E-state index contributed by atoms with van der Waals surface area (Å²) >= 11 is 0. The van der Waals surface area contributed by atoms with E-state index in [1.165, 1.54) is 36.4 Å². The Labute approximate surface area is 543 Å². The van der Waals surface area contributed by atoms with Crippen LogP contribution in [-0.4, -0.2) is 14.8 Å².